The molecule has 10 heteroatoms. The smallest absolute Gasteiger partial charge is 0.340 e. The van der Waals surface area contributed by atoms with E-state index in [2.05, 4.69) is 36.8 Å². The Balaban J connectivity index is 5.05. The third-order valence-corrected chi connectivity index (χ3v) is 6.94. The molecule has 0 rings (SSSR count). The van der Waals surface area contributed by atoms with E-state index in [9.17, 15) is 29.4 Å². The van der Waals surface area contributed by atoms with Gasteiger partial charge in [0.25, 0.3) is 11.8 Å². The lowest BCUT2D eigenvalue weighted by Gasteiger charge is -2.23. The minimum Gasteiger partial charge on any atom is -0.480 e. The first kappa shape index (κ1) is 23.3. The van der Waals surface area contributed by atoms with Crippen LogP contribution in [0.5, 0.6) is 0 Å². The molecule has 0 aliphatic heterocycles. The average molecular weight is 391 g/mol. The molecule has 0 aliphatic carbocycles. The van der Waals surface area contributed by atoms with Crippen LogP contribution in [0.15, 0.2) is 0 Å². The molecule has 0 aromatic heterocycles. The van der Waals surface area contributed by atoms with E-state index in [1.54, 1.807) is 0 Å². The quantitative estimate of drug-likeness (QED) is 0.213. The van der Waals surface area contributed by atoms with Crippen LogP contribution in [-0.2, 0) is 19.2 Å². The predicted octanol–water partition coefficient (Wildman–Crippen LogP) is 0.128. The summed E-state index contributed by atoms with van der Waals surface area (Å²) in [5.41, 5.74) is -3.15. The van der Waals surface area contributed by atoms with Crippen molar-refractivity contribution >= 4 is 41.3 Å². The van der Waals surface area contributed by atoms with E-state index in [0.29, 0.717) is 12.8 Å². The standard InChI is InChI=1S/C15H30N2O6Si2/c1-24(2)9-5-7-16-11(18)15(13(20)21,14(22)23)12(19)17-8-6-10-25(3)4/h24-25H,5-10H2,1-4H3,(H,16,18)(H,17,19)(H,20,21)(H,22,23). The molecule has 8 nitrogen and oxygen atoms in total. The van der Waals surface area contributed by atoms with Crippen LogP contribution in [0.25, 0.3) is 0 Å². The fraction of sp³-hybridized carbons (Fsp3) is 0.733. The number of rotatable bonds is 12. The largest absolute Gasteiger partial charge is 0.480 e. The van der Waals surface area contributed by atoms with Gasteiger partial charge >= 0.3 is 17.4 Å². The maximum Gasteiger partial charge on any atom is 0.340 e. The lowest BCUT2D eigenvalue weighted by Crippen LogP contribution is -2.60. The maximum absolute atomic E-state index is 12.3. The number of carboxylic acid groups (broad SMARTS) is 2. The minimum absolute atomic E-state index is 0.151. The number of hydrogen-bond acceptors (Lipinski definition) is 4. The number of carbonyl (C=O) groups is 4. The molecule has 0 bridgehead atoms. The summed E-state index contributed by atoms with van der Waals surface area (Å²) in [5.74, 6) is -6.56. The normalized spacial score (nSPS) is 11.4. The summed E-state index contributed by atoms with van der Waals surface area (Å²) >= 11 is 0. The van der Waals surface area contributed by atoms with Gasteiger partial charge in [0.1, 0.15) is 0 Å². The molecule has 0 aliphatic rings. The van der Waals surface area contributed by atoms with Crippen molar-refractivity contribution in [2.24, 2.45) is 5.41 Å². The molecule has 0 radical (unpaired) electrons. The molecule has 0 saturated carbocycles. The second-order valence-corrected chi connectivity index (χ2v) is 13.7. The van der Waals surface area contributed by atoms with Gasteiger partial charge in [-0.15, -0.1) is 0 Å². The number of carboxylic acids is 2. The van der Waals surface area contributed by atoms with Gasteiger partial charge in [-0.1, -0.05) is 38.3 Å². The van der Waals surface area contributed by atoms with Gasteiger partial charge in [-0.25, -0.2) is 9.59 Å². The zero-order chi connectivity index (χ0) is 19.6. The Labute approximate surface area is 151 Å². The van der Waals surface area contributed by atoms with Gasteiger partial charge in [-0.2, -0.15) is 0 Å². The van der Waals surface area contributed by atoms with Crippen molar-refractivity contribution in [3.05, 3.63) is 0 Å². The molecular weight excluding hydrogens is 360 g/mol. The van der Waals surface area contributed by atoms with Gasteiger partial charge in [0.2, 0.25) is 0 Å². The Hall–Kier alpha value is -1.69. The summed E-state index contributed by atoms with van der Waals surface area (Å²) in [6.45, 7) is 8.83. The molecule has 0 aromatic rings. The molecule has 144 valence electrons. The van der Waals surface area contributed by atoms with E-state index >= 15 is 0 Å². The maximum atomic E-state index is 12.3. The summed E-state index contributed by atoms with van der Waals surface area (Å²) in [6.07, 6.45) is 1.26. The summed E-state index contributed by atoms with van der Waals surface area (Å²) in [6, 6.07) is 1.86. The van der Waals surface area contributed by atoms with Crippen molar-refractivity contribution in [1.82, 2.24) is 10.6 Å². The Kier molecular flexibility index (Phi) is 10.3. The second kappa shape index (κ2) is 11.0. The van der Waals surface area contributed by atoms with Gasteiger partial charge in [-0.3, -0.25) is 9.59 Å². The molecular formula is C15H30N2O6Si2. The molecule has 2 amide bonds. The molecule has 0 aromatic carbocycles. The highest BCUT2D eigenvalue weighted by molar-refractivity contribution is 6.55. The average Bonchev–Trinajstić information content (AvgIpc) is 2.47. The van der Waals surface area contributed by atoms with Crippen LogP contribution < -0.4 is 10.6 Å². The van der Waals surface area contributed by atoms with E-state index in [1.807, 2.05) is 0 Å². The Morgan fingerprint density at radius 1 is 0.760 bits per heavy atom. The van der Waals surface area contributed by atoms with Crippen LogP contribution in [0.2, 0.25) is 38.3 Å². The number of carbonyl (C=O) groups excluding carboxylic acids is 2. The summed E-state index contributed by atoms with van der Waals surface area (Å²) in [4.78, 5) is 47.6. The first-order chi connectivity index (χ1) is 11.6. The zero-order valence-corrected chi connectivity index (χ0v) is 17.7. The highest BCUT2D eigenvalue weighted by Crippen LogP contribution is 2.20. The monoisotopic (exact) mass is 390 g/mol. The van der Waals surface area contributed by atoms with Crippen LogP contribution in [-0.4, -0.2) is 64.6 Å². The lowest BCUT2D eigenvalue weighted by atomic mass is 9.85. The van der Waals surface area contributed by atoms with E-state index in [1.165, 1.54) is 0 Å². The van der Waals surface area contributed by atoms with E-state index < -0.39 is 46.8 Å². The third kappa shape index (κ3) is 6.98. The van der Waals surface area contributed by atoms with Crippen LogP contribution in [0, 0.1) is 5.41 Å². The Morgan fingerprint density at radius 2 is 1.08 bits per heavy atom. The van der Waals surface area contributed by atoms with Crippen molar-refractivity contribution in [2.75, 3.05) is 13.1 Å². The van der Waals surface area contributed by atoms with Crippen LogP contribution in [0.4, 0.5) is 0 Å². The molecule has 0 unspecified atom stereocenters. The van der Waals surface area contributed by atoms with Gasteiger partial charge in [0.05, 0.1) is 0 Å². The van der Waals surface area contributed by atoms with Gasteiger partial charge in [0, 0.05) is 30.7 Å². The summed E-state index contributed by atoms with van der Waals surface area (Å²) in [5, 5.41) is 23.3. The van der Waals surface area contributed by atoms with Crippen LogP contribution >= 0.6 is 0 Å². The summed E-state index contributed by atoms with van der Waals surface area (Å²) in [7, 11) is -1.64. The fourth-order valence-corrected chi connectivity index (χ4v) is 4.31. The molecule has 4 N–H and O–H groups in total. The second-order valence-electron chi connectivity index (χ2n) is 6.94. The van der Waals surface area contributed by atoms with Gasteiger partial charge < -0.3 is 20.8 Å². The molecule has 25 heavy (non-hydrogen) atoms. The lowest BCUT2D eigenvalue weighted by molar-refractivity contribution is -0.172. The SMILES string of the molecule is C[SiH](C)CCCNC(=O)C(C(=O)O)(C(=O)O)C(=O)NCCC[SiH](C)C. The fourth-order valence-electron chi connectivity index (χ4n) is 2.27. The highest BCUT2D eigenvalue weighted by atomic mass is 28.3. The number of aliphatic carboxylic acids is 2. The Bertz CT molecular complexity index is 452. The highest BCUT2D eigenvalue weighted by Gasteiger charge is 2.60. The van der Waals surface area contributed by atoms with Crippen LogP contribution in [0.3, 0.4) is 0 Å². The van der Waals surface area contributed by atoms with Gasteiger partial charge in [-0.05, 0) is 12.8 Å². The van der Waals surface area contributed by atoms with E-state index in [0.717, 1.165) is 12.1 Å². The first-order valence-corrected chi connectivity index (χ1v) is 14.8. The molecule has 0 atom stereocenters. The Morgan fingerprint density at radius 3 is 1.32 bits per heavy atom. The number of hydrogen-bond donors (Lipinski definition) is 4. The predicted molar refractivity (Wildman–Crippen MR) is 100 cm³/mol. The van der Waals surface area contributed by atoms with Crippen molar-refractivity contribution in [3.63, 3.8) is 0 Å². The summed E-state index contributed by atoms with van der Waals surface area (Å²) < 4.78 is 0. The third-order valence-electron chi connectivity index (χ3n) is 3.81. The zero-order valence-electron chi connectivity index (χ0n) is 15.4. The van der Waals surface area contributed by atoms with Gasteiger partial charge in [0.15, 0.2) is 0 Å². The van der Waals surface area contributed by atoms with Crippen molar-refractivity contribution < 1.29 is 29.4 Å². The number of amides is 2. The van der Waals surface area contributed by atoms with E-state index in [4.69, 9.17) is 0 Å². The topological polar surface area (TPSA) is 133 Å². The van der Waals surface area contributed by atoms with Crippen molar-refractivity contribution in [2.45, 2.75) is 51.1 Å². The van der Waals surface area contributed by atoms with Crippen LogP contribution in [0.1, 0.15) is 12.8 Å². The molecule has 0 fully saturated rings. The van der Waals surface area contributed by atoms with Crippen molar-refractivity contribution in [3.8, 4) is 0 Å². The molecule has 0 heterocycles. The van der Waals surface area contributed by atoms with E-state index in [-0.39, 0.29) is 13.1 Å². The molecule has 0 saturated heterocycles. The first-order valence-electron chi connectivity index (χ1n) is 8.60. The molecule has 0 spiro atoms. The number of nitrogens with one attached hydrogen (secondary N) is 2. The minimum atomic E-state index is -3.15. The van der Waals surface area contributed by atoms with Crippen molar-refractivity contribution in [1.29, 1.82) is 0 Å².